The van der Waals surface area contributed by atoms with Gasteiger partial charge < -0.3 is 15.0 Å². The molecule has 1 heterocycles. The predicted octanol–water partition coefficient (Wildman–Crippen LogP) is 3.49. The quantitative estimate of drug-likeness (QED) is 0.799. The highest BCUT2D eigenvalue weighted by Crippen LogP contribution is 2.30. The number of carbonyl (C=O) groups excluding carboxylic acids is 1. The molecule has 0 aliphatic heterocycles. The van der Waals surface area contributed by atoms with Crippen molar-refractivity contribution in [2.45, 2.75) is 6.92 Å². The van der Waals surface area contributed by atoms with Crippen LogP contribution in [0.4, 0.5) is 0 Å². The number of amides is 1. The van der Waals surface area contributed by atoms with Crippen LogP contribution in [0.1, 0.15) is 17.3 Å². The Labute approximate surface area is 138 Å². The van der Waals surface area contributed by atoms with Crippen LogP contribution in [-0.4, -0.2) is 40.5 Å². The lowest BCUT2D eigenvalue weighted by Gasteiger charge is -2.19. The van der Waals surface area contributed by atoms with E-state index in [0.29, 0.717) is 5.56 Å². The summed E-state index contributed by atoms with van der Waals surface area (Å²) >= 11 is 6.83. The lowest BCUT2D eigenvalue weighted by molar-refractivity contribution is -0.141. The molecule has 0 saturated carbocycles. The topological polar surface area (TPSA) is 73.4 Å². The van der Waals surface area contributed by atoms with Gasteiger partial charge >= 0.3 is 5.97 Å². The van der Waals surface area contributed by atoms with Crippen molar-refractivity contribution in [1.29, 1.82) is 0 Å². The molecular formula is C14H14Br2N2O3. The van der Waals surface area contributed by atoms with Gasteiger partial charge in [0.2, 0.25) is 0 Å². The Bertz CT molecular complexity index is 712. The van der Waals surface area contributed by atoms with Crippen molar-refractivity contribution in [2.24, 2.45) is 5.92 Å². The largest absolute Gasteiger partial charge is 0.481 e. The number of rotatable bonds is 4. The Morgan fingerprint density at radius 1 is 1.33 bits per heavy atom. The molecule has 1 atom stereocenters. The molecule has 1 aromatic heterocycles. The molecule has 0 spiro atoms. The molecule has 0 aliphatic rings. The second-order valence-electron chi connectivity index (χ2n) is 4.94. The zero-order chi connectivity index (χ0) is 15.7. The number of fused-ring (bicyclic) bond motifs is 1. The first-order chi connectivity index (χ1) is 9.81. The molecule has 1 aromatic carbocycles. The van der Waals surface area contributed by atoms with Gasteiger partial charge in [-0.15, -0.1) is 0 Å². The van der Waals surface area contributed by atoms with Crippen LogP contribution >= 0.6 is 31.9 Å². The predicted molar refractivity (Wildman–Crippen MR) is 87.5 cm³/mol. The number of aliphatic carboxylic acids is 1. The van der Waals surface area contributed by atoms with Crippen LogP contribution in [0.2, 0.25) is 0 Å². The number of benzene rings is 1. The van der Waals surface area contributed by atoms with Gasteiger partial charge in [-0.2, -0.15) is 0 Å². The number of aromatic nitrogens is 1. The number of hydrogen-bond donors (Lipinski definition) is 2. The fourth-order valence-corrected chi connectivity index (χ4v) is 2.76. The molecule has 0 aliphatic carbocycles. The summed E-state index contributed by atoms with van der Waals surface area (Å²) in [5.74, 6) is -1.73. The van der Waals surface area contributed by atoms with Crippen LogP contribution in [0.5, 0.6) is 0 Å². The zero-order valence-corrected chi connectivity index (χ0v) is 14.7. The van der Waals surface area contributed by atoms with E-state index in [-0.39, 0.29) is 12.5 Å². The fraction of sp³-hybridized carbons (Fsp3) is 0.286. The summed E-state index contributed by atoms with van der Waals surface area (Å²) in [6, 6.07) is 3.74. The van der Waals surface area contributed by atoms with Crippen LogP contribution in [-0.2, 0) is 4.79 Å². The number of H-pyrrole nitrogens is 1. The first-order valence-corrected chi connectivity index (χ1v) is 7.84. The molecule has 5 nitrogen and oxygen atoms in total. The van der Waals surface area contributed by atoms with Crippen molar-refractivity contribution in [3.63, 3.8) is 0 Å². The Morgan fingerprint density at radius 2 is 1.95 bits per heavy atom. The van der Waals surface area contributed by atoms with Gasteiger partial charge in [0.1, 0.15) is 0 Å². The summed E-state index contributed by atoms with van der Waals surface area (Å²) in [6.45, 7) is 1.74. The van der Waals surface area contributed by atoms with E-state index < -0.39 is 11.9 Å². The van der Waals surface area contributed by atoms with Gasteiger partial charge in [0, 0.05) is 39.6 Å². The summed E-state index contributed by atoms with van der Waals surface area (Å²) in [7, 11) is 1.61. The number of carboxylic acid groups (broad SMARTS) is 1. The summed E-state index contributed by atoms with van der Waals surface area (Å²) < 4.78 is 1.74. The number of carbonyl (C=O) groups is 2. The third kappa shape index (κ3) is 3.29. The lowest BCUT2D eigenvalue weighted by atomic mass is 10.1. The number of carboxylic acids is 1. The summed E-state index contributed by atoms with van der Waals surface area (Å²) in [5, 5.41) is 9.72. The van der Waals surface area contributed by atoms with Crippen molar-refractivity contribution in [3.8, 4) is 0 Å². The molecule has 21 heavy (non-hydrogen) atoms. The smallest absolute Gasteiger partial charge is 0.308 e. The molecular weight excluding hydrogens is 404 g/mol. The van der Waals surface area contributed by atoms with Crippen LogP contribution in [0.15, 0.2) is 27.3 Å². The van der Waals surface area contributed by atoms with Crippen molar-refractivity contribution >= 4 is 54.6 Å². The van der Waals surface area contributed by atoms with Gasteiger partial charge in [-0.25, -0.2) is 0 Å². The number of aromatic amines is 1. The van der Waals surface area contributed by atoms with Crippen LogP contribution < -0.4 is 0 Å². The molecule has 1 amide bonds. The highest BCUT2D eigenvalue weighted by molar-refractivity contribution is 9.13. The van der Waals surface area contributed by atoms with Crippen molar-refractivity contribution < 1.29 is 14.7 Å². The van der Waals surface area contributed by atoms with Gasteiger partial charge in [0.05, 0.1) is 11.5 Å². The van der Waals surface area contributed by atoms with E-state index in [2.05, 4.69) is 36.8 Å². The van der Waals surface area contributed by atoms with E-state index in [9.17, 15) is 9.59 Å². The van der Waals surface area contributed by atoms with Crippen LogP contribution in [0.25, 0.3) is 10.9 Å². The number of halogens is 2. The van der Waals surface area contributed by atoms with Gasteiger partial charge in [-0.05, 0) is 44.0 Å². The molecule has 2 aromatic rings. The minimum absolute atomic E-state index is 0.165. The van der Waals surface area contributed by atoms with Crippen molar-refractivity contribution in [1.82, 2.24) is 9.88 Å². The maximum Gasteiger partial charge on any atom is 0.308 e. The van der Waals surface area contributed by atoms with Crippen molar-refractivity contribution in [3.05, 3.63) is 32.8 Å². The molecule has 0 radical (unpaired) electrons. The average molecular weight is 418 g/mol. The molecule has 1 unspecified atom stereocenters. The Hall–Kier alpha value is -1.34. The molecule has 0 bridgehead atoms. The second-order valence-corrected chi connectivity index (χ2v) is 6.65. The Kier molecular flexibility index (Phi) is 4.73. The highest BCUT2D eigenvalue weighted by Gasteiger charge is 2.21. The monoisotopic (exact) mass is 416 g/mol. The molecule has 0 fully saturated rings. The van der Waals surface area contributed by atoms with Gasteiger partial charge in [-0.1, -0.05) is 6.92 Å². The van der Waals surface area contributed by atoms with Gasteiger partial charge in [-0.3, -0.25) is 9.59 Å². The van der Waals surface area contributed by atoms with Crippen molar-refractivity contribution in [2.75, 3.05) is 13.6 Å². The normalized spacial score (nSPS) is 12.4. The summed E-state index contributed by atoms with van der Waals surface area (Å²) in [6.07, 6.45) is 1.65. The van der Waals surface area contributed by atoms with Gasteiger partial charge in [0.25, 0.3) is 5.91 Å². The molecule has 7 heteroatoms. The highest BCUT2D eigenvalue weighted by atomic mass is 79.9. The zero-order valence-electron chi connectivity index (χ0n) is 11.5. The minimum atomic E-state index is -0.916. The average Bonchev–Trinajstić information content (AvgIpc) is 2.80. The Morgan fingerprint density at radius 3 is 2.57 bits per heavy atom. The maximum absolute atomic E-state index is 12.5. The van der Waals surface area contributed by atoms with Crippen LogP contribution in [0, 0.1) is 5.92 Å². The fourth-order valence-electron chi connectivity index (χ4n) is 2.07. The number of hydrogen-bond acceptors (Lipinski definition) is 2. The second kappa shape index (κ2) is 6.19. The maximum atomic E-state index is 12.5. The third-order valence-electron chi connectivity index (χ3n) is 3.27. The summed E-state index contributed by atoms with van der Waals surface area (Å²) in [4.78, 5) is 27.8. The molecule has 112 valence electrons. The Balaban J connectivity index is 2.31. The summed E-state index contributed by atoms with van der Waals surface area (Å²) in [5.41, 5.74) is 1.37. The molecule has 2 rings (SSSR count). The lowest BCUT2D eigenvalue weighted by Crippen LogP contribution is -2.33. The minimum Gasteiger partial charge on any atom is -0.481 e. The van der Waals surface area contributed by atoms with E-state index in [1.54, 1.807) is 20.2 Å². The molecule has 0 saturated heterocycles. The van der Waals surface area contributed by atoms with E-state index >= 15 is 0 Å². The van der Waals surface area contributed by atoms with Gasteiger partial charge in [0.15, 0.2) is 0 Å². The molecule has 2 N–H and O–H groups in total. The van der Waals surface area contributed by atoms with E-state index in [4.69, 9.17) is 5.11 Å². The van der Waals surface area contributed by atoms with E-state index in [0.717, 1.165) is 19.8 Å². The SMILES string of the molecule is CC(CN(C)C(=O)c1c[nH]c2cc(Br)c(Br)cc12)C(=O)O. The number of nitrogens with zero attached hydrogens (tertiary/aromatic N) is 1. The van der Waals surface area contributed by atoms with E-state index in [1.165, 1.54) is 4.90 Å². The number of nitrogens with one attached hydrogen (secondary N) is 1. The third-order valence-corrected chi connectivity index (χ3v) is 5.11. The van der Waals surface area contributed by atoms with Crippen LogP contribution in [0.3, 0.4) is 0 Å². The first kappa shape index (κ1) is 16.0. The van der Waals surface area contributed by atoms with E-state index in [1.807, 2.05) is 12.1 Å². The standard InChI is InChI=1S/C14H14Br2N2O3/c1-7(14(20)21)6-18(2)13(19)9-5-17-12-4-11(16)10(15)3-8(9)12/h3-5,7,17H,6H2,1-2H3,(H,20,21). The first-order valence-electron chi connectivity index (χ1n) is 6.25.